The fraction of sp³-hybridized carbons (Fsp3) is 0.0909. The molecule has 0 saturated heterocycles. The molecule has 1 aliphatic heterocycles. The molecule has 28 heavy (non-hydrogen) atoms. The first-order chi connectivity index (χ1) is 13.8. The van der Waals surface area contributed by atoms with E-state index in [0.29, 0.717) is 17.3 Å². The normalized spacial score (nSPS) is 12.8. The molecule has 4 aromatic rings. The van der Waals surface area contributed by atoms with Crippen LogP contribution in [0.25, 0.3) is 10.9 Å². The highest BCUT2D eigenvalue weighted by Gasteiger charge is 2.22. The number of rotatable bonds is 3. The van der Waals surface area contributed by atoms with E-state index in [-0.39, 0.29) is 5.91 Å². The largest absolute Gasteiger partial charge is 0.319 e. The Morgan fingerprint density at radius 1 is 0.929 bits per heavy atom. The number of para-hydroxylation sites is 2. The van der Waals surface area contributed by atoms with Gasteiger partial charge in [-0.25, -0.2) is 9.97 Å². The van der Waals surface area contributed by atoms with Gasteiger partial charge in [-0.15, -0.1) is 0 Å². The van der Waals surface area contributed by atoms with Crippen molar-refractivity contribution in [3.05, 3.63) is 84.3 Å². The quantitative estimate of drug-likeness (QED) is 0.593. The Balaban J connectivity index is 1.44. The van der Waals surface area contributed by atoms with Crippen molar-refractivity contribution in [2.45, 2.75) is 6.42 Å². The number of hydrogen-bond donors (Lipinski definition) is 1. The Morgan fingerprint density at radius 2 is 1.82 bits per heavy atom. The van der Waals surface area contributed by atoms with Crippen molar-refractivity contribution in [2.24, 2.45) is 0 Å². The second-order valence-corrected chi connectivity index (χ2v) is 6.61. The Labute approximate surface area is 161 Å². The molecule has 0 unspecified atom stereocenters. The van der Waals surface area contributed by atoms with Gasteiger partial charge in [0, 0.05) is 30.0 Å². The lowest BCUT2D eigenvalue weighted by molar-refractivity contribution is 0.102. The topological polar surface area (TPSA) is 71.0 Å². The lowest BCUT2D eigenvalue weighted by Crippen LogP contribution is -2.20. The first kappa shape index (κ1) is 16.4. The zero-order valence-electron chi connectivity index (χ0n) is 15.0. The van der Waals surface area contributed by atoms with Gasteiger partial charge >= 0.3 is 0 Å². The fourth-order valence-corrected chi connectivity index (χ4v) is 3.54. The van der Waals surface area contributed by atoms with Gasteiger partial charge in [0.1, 0.15) is 5.69 Å². The van der Waals surface area contributed by atoms with Gasteiger partial charge in [0.2, 0.25) is 5.95 Å². The van der Waals surface area contributed by atoms with Gasteiger partial charge in [-0.3, -0.25) is 9.78 Å². The van der Waals surface area contributed by atoms with Crippen LogP contribution in [0.15, 0.2) is 73.1 Å². The highest BCUT2D eigenvalue weighted by atomic mass is 16.1. The van der Waals surface area contributed by atoms with E-state index in [1.807, 2.05) is 47.4 Å². The van der Waals surface area contributed by atoms with Crippen LogP contribution in [0.3, 0.4) is 0 Å². The molecule has 0 spiro atoms. The number of nitrogens with zero attached hydrogens (tertiary/aromatic N) is 4. The minimum Gasteiger partial charge on any atom is -0.319 e. The van der Waals surface area contributed by atoms with Gasteiger partial charge in [0.25, 0.3) is 5.91 Å². The molecule has 0 fully saturated rings. The minimum absolute atomic E-state index is 0.283. The first-order valence-electron chi connectivity index (χ1n) is 9.13. The van der Waals surface area contributed by atoms with E-state index in [1.54, 1.807) is 18.5 Å². The van der Waals surface area contributed by atoms with Crippen molar-refractivity contribution in [2.75, 3.05) is 16.8 Å². The summed E-state index contributed by atoms with van der Waals surface area (Å²) < 4.78 is 0. The van der Waals surface area contributed by atoms with Crippen LogP contribution in [0, 0.1) is 0 Å². The third-order valence-corrected chi connectivity index (χ3v) is 4.88. The third-order valence-electron chi connectivity index (χ3n) is 4.88. The summed E-state index contributed by atoms with van der Waals surface area (Å²) >= 11 is 0. The molecule has 136 valence electrons. The number of amides is 1. The second-order valence-electron chi connectivity index (χ2n) is 6.61. The van der Waals surface area contributed by atoms with Gasteiger partial charge in [-0.1, -0.05) is 36.4 Å². The molecule has 0 radical (unpaired) electrons. The van der Waals surface area contributed by atoms with E-state index in [2.05, 4.69) is 32.4 Å². The van der Waals surface area contributed by atoms with Crippen LogP contribution in [-0.2, 0) is 6.42 Å². The maximum absolute atomic E-state index is 12.8. The van der Waals surface area contributed by atoms with E-state index in [9.17, 15) is 4.79 Å². The molecule has 0 aliphatic carbocycles. The molecule has 1 aliphatic rings. The van der Waals surface area contributed by atoms with Crippen molar-refractivity contribution in [3.63, 3.8) is 0 Å². The molecule has 6 heteroatoms. The summed E-state index contributed by atoms with van der Waals surface area (Å²) in [4.78, 5) is 28.1. The maximum Gasteiger partial charge on any atom is 0.274 e. The number of anilines is 3. The Morgan fingerprint density at radius 3 is 2.79 bits per heavy atom. The van der Waals surface area contributed by atoms with Gasteiger partial charge < -0.3 is 10.2 Å². The Bertz CT molecular complexity index is 1180. The van der Waals surface area contributed by atoms with Crippen LogP contribution in [0.4, 0.5) is 17.3 Å². The van der Waals surface area contributed by atoms with Crippen LogP contribution >= 0.6 is 0 Å². The highest BCUT2D eigenvalue weighted by molar-refractivity contribution is 6.07. The van der Waals surface area contributed by atoms with Crippen LogP contribution in [0.2, 0.25) is 0 Å². The van der Waals surface area contributed by atoms with Crippen LogP contribution < -0.4 is 10.2 Å². The molecule has 0 saturated carbocycles. The van der Waals surface area contributed by atoms with E-state index in [4.69, 9.17) is 0 Å². The summed E-state index contributed by atoms with van der Waals surface area (Å²) in [5, 5.41) is 3.90. The summed E-state index contributed by atoms with van der Waals surface area (Å²) in [6.45, 7) is 0.803. The van der Waals surface area contributed by atoms with E-state index in [1.165, 1.54) is 5.56 Å². The van der Waals surface area contributed by atoms with Gasteiger partial charge in [0.05, 0.1) is 11.2 Å². The average Bonchev–Trinajstić information content (AvgIpc) is 3.18. The SMILES string of the molecule is O=C(Nc1cccc2cccnc12)c1ccnc(N2CCc3ccccc32)n1. The van der Waals surface area contributed by atoms with E-state index < -0.39 is 0 Å². The van der Waals surface area contributed by atoms with Crippen LogP contribution in [0.5, 0.6) is 0 Å². The van der Waals surface area contributed by atoms with E-state index in [0.717, 1.165) is 29.6 Å². The van der Waals surface area contributed by atoms with E-state index >= 15 is 0 Å². The molecule has 0 atom stereocenters. The summed E-state index contributed by atoms with van der Waals surface area (Å²) in [5.41, 5.74) is 4.10. The molecule has 3 heterocycles. The number of nitrogens with one attached hydrogen (secondary N) is 1. The van der Waals surface area contributed by atoms with Gasteiger partial charge in [-0.05, 0) is 36.2 Å². The number of carbonyl (C=O) groups is 1. The highest BCUT2D eigenvalue weighted by Crippen LogP contribution is 2.32. The van der Waals surface area contributed by atoms with Crippen LogP contribution in [0.1, 0.15) is 16.1 Å². The molecular formula is C22H17N5O. The van der Waals surface area contributed by atoms with Crippen molar-refractivity contribution >= 4 is 34.1 Å². The lowest BCUT2D eigenvalue weighted by atomic mass is 10.2. The smallest absolute Gasteiger partial charge is 0.274 e. The predicted molar refractivity (Wildman–Crippen MR) is 109 cm³/mol. The summed E-state index contributed by atoms with van der Waals surface area (Å²) in [7, 11) is 0. The van der Waals surface area contributed by atoms with Crippen molar-refractivity contribution < 1.29 is 4.79 Å². The number of aromatic nitrogens is 3. The summed E-state index contributed by atoms with van der Waals surface area (Å²) in [6, 6.07) is 19.4. The molecule has 2 aromatic carbocycles. The number of fused-ring (bicyclic) bond motifs is 2. The lowest BCUT2D eigenvalue weighted by Gasteiger charge is -2.17. The predicted octanol–water partition coefficient (Wildman–Crippen LogP) is 3.97. The zero-order chi connectivity index (χ0) is 18.9. The molecule has 2 aromatic heterocycles. The molecule has 1 N–H and O–H groups in total. The van der Waals surface area contributed by atoms with Crippen molar-refractivity contribution in [3.8, 4) is 0 Å². The molecular weight excluding hydrogens is 350 g/mol. The van der Waals surface area contributed by atoms with Crippen molar-refractivity contribution in [1.29, 1.82) is 0 Å². The molecule has 0 bridgehead atoms. The standard InChI is InChI=1S/C22H17N5O/c28-21(25-17-8-3-6-16-7-4-12-23-20(16)17)18-10-13-24-22(26-18)27-14-11-15-5-1-2-9-19(15)27/h1-10,12-13H,11,14H2,(H,25,28). The first-order valence-corrected chi connectivity index (χ1v) is 9.13. The fourth-order valence-electron chi connectivity index (χ4n) is 3.54. The minimum atomic E-state index is -0.283. The van der Waals surface area contributed by atoms with Crippen molar-refractivity contribution in [1.82, 2.24) is 15.0 Å². The average molecular weight is 367 g/mol. The second kappa shape index (κ2) is 6.74. The third kappa shape index (κ3) is 2.85. The summed E-state index contributed by atoms with van der Waals surface area (Å²) in [5.74, 6) is 0.253. The summed E-state index contributed by atoms with van der Waals surface area (Å²) in [6.07, 6.45) is 4.28. The maximum atomic E-state index is 12.8. The Hall–Kier alpha value is -3.80. The molecule has 1 amide bonds. The number of pyridine rings is 1. The zero-order valence-corrected chi connectivity index (χ0v) is 15.0. The van der Waals surface area contributed by atoms with Gasteiger partial charge in [0.15, 0.2) is 0 Å². The number of benzene rings is 2. The Kier molecular flexibility index (Phi) is 3.94. The number of hydrogen-bond acceptors (Lipinski definition) is 5. The number of carbonyl (C=O) groups excluding carboxylic acids is 1. The van der Waals surface area contributed by atoms with Gasteiger partial charge in [-0.2, -0.15) is 0 Å². The molecule has 5 rings (SSSR count). The van der Waals surface area contributed by atoms with Crippen LogP contribution in [-0.4, -0.2) is 27.4 Å². The molecule has 6 nitrogen and oxygen atoms in total. The monoisotopic (exact) mass is 367 g/mol.